The smallest absolute Gasteiger partial charge is 0.0958 e. The van der Waals surface area contributed by atoms with Gasteiger partial charge in [-0.3, -0.25) is 0 Å². The highest BCUT2D eigenvalue weighted by molar-refractivity contribution is 5.29. The monoisotopic (exact) mass is 186 g/mol. The van der Waals surface area contributed by atoms with Crippen molar-refractivity contribution < 1.29 is 4.74 Å². The maximum Gasteiger partial charge on any atom is 0.0958 e. The van der Waals surface area contributed by atoms with Gasteiger partial charge in [0, 0.05) is 11.8 Å². The Morgan fingerprint density at radius 3 is 2.79 bits per heavy atom. The summed E-state index contributed by atoms with van der Waals surface area (Å²) in [6, 6.07) is 10.7. The normalized spacial score (nSPS) is 29.6. The minimum atomic E-state index is 0.594. The summed E-state index contributed by atoms with van der Waals surface area (Å²) in [7, 11) is 0. The molecule has 2 unspecified atom stereocenters. The van der Waals surface area contributed by atoms with E-state index in [2.05, 4.69) is 36.4 Å². The molecule has 3 rings (SSSR count). The van der Waals surface area contributed by atoms with Crippen LogP contribution < -0.4 is 0 Å². The van der Waals surface area contributed by atoms with Gasteiger partial charge in [0.15, 0.2) is 0 Å². The summed E-state index contributed by atoms with van der Waals surface area (Å²) in [6.45, 7) is 0.929. The summed E-state index contributed by atoms with van der Waals surface area (Å²) in [4.78, 5) is 0. The van der Waals surface area contributed by atoms with Crippen molar-refractivity contribution in [1.82, 2.24) is 0 Å². The molecule has 0 aromatic heterocycles. The molecule has 1 fully saturated rings. The van der Waals surface area contributed by atoms with Crippen molar-refractivity contribution in [2.75, 3.05) is 6.61 Å². The molecule has 1 nitrogen and oxygen atoms in total. The van der Waals surface area contributed by atoms with E-state index in [0.29, 0.717) is 11.8 Å². The van der Waals surface area contributed by atoms with Crippen LogP contribution in [0, 0.1) is 5.92 Å². The molecule has 2 aliphatic rings. The first-order valence-corrected chi connectivity index (χ1v) is 5.33. The van der Waals surface area contributed by atoms with Gasteiger partial charge in [-0.15, -0.1) is 0 Å². The van der Waals surface area contributed by atoms with Gasteiger partial charge in [-0.05, 0) is 24.5 Å². The Morgan fingerprint density at radius 2 is 2.00 bits per heavy atom. The summed E-state index contributed by atoms with van der Waals surface area (Å²) in [5, 5.41) is 0. The SMILES string of the molecule is C1=C2OCCC2CC1c1ccccc1. The van der Waals surface area contributed by atoms with Gasteiger partial charge in [0.1, 0.15) is 0 Å². The zero-order valence-corrected chi connectivity index (χ0v) is 8.15. The lowest BCUT2D eigenvalue weighted by molar-refractivity contribution is 0.261. The predicted octanol–water partition coefficient (Wildman–Crippen LogP) is 3.09. The summed E-state index contributed by atoms with van der Waals surface area (Å²) in [5.74, 6) is 2.55. The summed E-state index contributed by atoms with van der Waals surface area (Å²) < 4.78 is 5.59. The molecule has 1 aromatic carbocycles. The molecule has 1 heterocycles. The molecule has 72 valence electrons. The largest absolute Gasteiger partial charge is 0.498 e. The van der Waals surface area contributed by atoms with Gasteiger partial charge >= 0.3 is 0 Å². The summed E-state index contributed by atoms with van der Waals surface area (Å²) in [6.07, 6.45) is 4.78. The average molecular weight is 186 g/mol. The van der Waals surface area contributed by atoms with Crippen LogP contribution in [0.25, 0.3) is 0 Å². The van der Waals surface area contributed by atoms with Crippen molar-refractivity contribution in [1.29, 1.82) is 0 Å². The van der Waals surface area contributed by atoms with E-state index < -0.39 is 0 Å². The fraction of sp³-hybridized carbons (Fsp3) is 0.385. The van der Waals surface area contributed by atoms with E-state index in [1.54, 1.807) is 0 Å². The molecule has 1 saturated heterocycles. The van der Waals surface area contributed by atoms with Crippen molar-refractivity contribution in [2.45, 2.75) is 18.8 Å². The fourth-order valence-corrected chi connectivity index (χ4v) is 2.50. The lowest BCUT2D eigenvalue weighted by atomic mass is 9.95. The van der Waals surface area contributed by atoms with E-state index in [0.717, 1.165) is 6.61 Å². The second kappa shape index (κ2) is 3.16. The van der Waals surface area contributed by atoms with Crippen LogP contribution >= 0.6 is 0 Å². The Labute approximate surface area is 84.4 Å². The number of hydrogen-bond donors (Lipinski definition) is 0. The third kappa shape index (κ3) is 1.24. The zero-order chi connectivity index (χ0) is 9.38. The van der Waals surface area contributed by atoms with Crippen LogP contribution in [-0.2, 0) is 4.74 Å². The number of ether oxygens (including phenoxy) is 1. The number of fused-ring (bicyclic) bond motifs is 1. The second-order valence-electron chi connectivity index (χ2n) is 4.16. The van der Waals surface area contributed by atoms with E-state index in [1.807, 2.05) is 0 Å². The Kier molecular flexibility index (Phi) is 1.83. The van der Waals surface area contributed by atoms with Crippen molar-refractivity contribution in [3.63, 3.8) is 0 Å². The highest BCUT2D eigenvalue weighted by Gasteiger charge is 2.32. The van der Waals surface area contributed by atoms with Crippen LogP contribution in [0.3, 0.4) is 0 Å². The first-order valence-electron chi connectivity index (χ1n) is 5.33. The molecule has 14 heavy (non-hydrogen) atoms. The van der Waals surface area contributed by atoms with Crippen LogP contribution in [0.1, 0.15) is 24.3 Å². The van der Waals surface area contributed by atoms with Crippen LogP contribution in [0.4, 0.5) is 0 Å². The molecule has 1 aliphatic carbocycles. The molecule has 0 saturated carbocycles. The molecule has 2 atom stereocenters. The van der Waals surface area contributed by atoms with E-state index in [1.165, 1.54) is 24.2 Å². The maximum atomic E-state index is 5.59. The standard InChI is InChI=1S/C13H14O/c1-2-4-10(5-3-1)12-8-11-6-7-14-13(11)9-12/h1-5,9,11-12H,6-8H2. The third-order valence-corrected chi connectivity index (χ3v) is 3.27. The van der Waals surface area contributed by atoms with Gasteiger partial charge < -0.3 is 4.74 Å². The topological polar surface area (TPSA) is 9.23 Å². The van der Waals surface area contributed by atoms with Crippen LogP contribution in [0.5, 0.6) is 0 Å². The molecular weight excluding hydrogens is 172 g/mol. The molecule has 0 radical (unpaired) electrons. The number of allylic oxidation sites excluding steroid dienone is 2. The van der Waals surface area contributed by atoms with Gasteiger partial charge in [0.2, 0.25) is 0 Å². The molecule has 0 bridgehead atoms. The second-order valence-corrected chi connectivity index (χ2v) is 4.16. The maximum absolute atomic E-state index is 5.59. The molecule has 0 amide bonds. The number of hydrogen-bond acceptors (Lipinski definition) is 1. The Bertz CT molecular complexity index is 353. The van der Waals surface area contributed by atoms with Gasteiger partial charge in [0.25, 0.3) is 0 Å². The Morgan fingerprint density at radius 1 is 1.14 bits per heavy atom. The molecular formula is C13H14O. The van der Waals surface area contributed by atoms with Crippen LogP contribution in [0.2, 0.25) is 0 Å². The zero-order valence-electron chi connectivity index (χ0n) is 8.15. The lowest BCUT2D eigenvalue weighted by Gasteiger charge is -2.08. The summed E-state index contributed by atoms with van der Waals surface area (Å²) >= 11 is 0. The quantitative estimate of drug-likeness (QED) is 0.655. The Hall–Kier alpha value is -1.24. The average Bonchev–Trinajstić information content (AvgIpc) is 2.78. The lowest BCUT2D eigenvalue weighted by Crippen LogP contribution is -1.96. The first-order chi connectivity index (χ1) is 6.93. The third-order valence-electron chi connectivity index (χ3n) is 3.27. The number of rotatable bonds is 1. The van der Waals surface area contributed by atoms with Crippen LogP contribution in [0.15, 0.2) is 42.2 Å². The highest BCUT2D eigenvalue weighted by Crippen LogP contribution is 2.42. The van der Waals surface area contributed by atoms with Crippen LogP contribution in [-0.4, -0.2) is 6.61 Å². The van der Waals surface area contributed by atoms with Crippen molar-refractivity contribution >= 4 is 0 Å². The minimum absolute atomic E-state index is 0.594. The fourth-order valence-electron chi connectivity index (χ4n) is 2.50. The first kappa shape index (κ1) is 8.10. The summed E-state index contributed by atoms with van der Waals surface area (Å²) in [5.41, 5.74) is 1.43. The molecule has 1 heteroatoms. The Balaban J connectivity index is 1.87. The van der Waals surface area contributed by atoms with E-state index in [9.17, 15) is 0 Å². The van der Waals surface area contributed by atoms with Crippen molar-refractivity contribution in [3.05, 3.63) is 47.7 Å². The predicted molar refractivity (Wildman–Crippen MR) is 55.9 cm³/mol. The van der Waals surface area contributed by atoms with E-state index in [4.69, 9.17) is 4.74 Å². The van der Waals surface area contributed by atoms with Gasteiger partial charge in [0.05, 0.1) is 12.4 Å². The minimum Gasteiger partial charge on any atom is -0.498 e. The molecule has 1 aromatic rings. The van der Waals surface area contributed by atoms with Crippen molar-refractivity contribution in [2.24, 2.45) is 5.92 Å². The van der Waals surface area contributed by atoms with Gasteiger partial charge in [-0.2, -0.15) is 0 Å². The molecule has 0 spiro atoms. The van der Waals surface area contributed by atoms with E-state index in [-0.39, 0.29) is 0 Å². The molecule has 0 N–H and O–H groups in total. The highest BCUT2D eigenvalue weighted by atomic mass is 16.5. The number of benzene rings is 1. The van der Waals surface area contributed by atoms with Gasteiger partial charge in [-0.1, -0.05) is 30.3 Å². The van der Waals surface area contributed by atoms with E-state index >= 15 is 0 Å². The van der Waals surface area contributed by atoms with Gasteiger partial charge in [-0.25, -0.2) is 0 Å². The van der Waals surface area contributed by atoms with Crippen molar-refractivity contribution in [3.8, 4) is 0 Å². The molecule has 1 aliphatic heterocycles.